The summed E-state index contributed by atoms with van der Waals surface area (Å²) in [6, 6.07) is 5.10. The Balaban J connectivity index is 2.33. The van der Waals surface area contributed by atoms with Crippen molar-refractivity contribution in [3.63, 3.8) is 0 Å². The van der Waals surface area contributed by atoms with E-state index in [1.807, 2.05) is 21.0 Å². The molecule has 0 radical (unpaired) electrons. The number of ether oxygens (including phenoxy) is 1. The van der Waals surface area contributed by atoms with Crippen molar-refractivity contribution < 1.29 is 4.74 Å². The van der Waals surface area contributed by atoms with E-state index >= 15 is 0 Å². The molecule has 0 aliphatic carbocycles. The van der Waals surface area contributed by atoms with E-state index in [2.05, 4.69) is 20.3 Å². The Morgan fingerprint density at radius 3 is 2.57 bits per heavy atom. The lowest BCUT2D eigenvalue weighted by atomic mass is 10.3. The molecule has 0 saturated carbocycles. The number of nitrogens with one attached hydrogen (secondary N) is 1. The first-order chi connectivity index (χ1) is 9.99. The first-order valence-electron chi connectivity index (χ1n) is 6.29. The van der Waals surface area contributed by atoms with E-state index in [-0.39, 0.29) is 6.01 Å². The van der Waals surface area contributed by atoms with Gasteiger partial charge in [0.05, 0.1) is 5.02 Å². The Labute approximate surface area is 133 Å². The Hall–Kier alpha value is -1.79. The van der Waals surface area contributed by atoms with Crippen molar-refractivity contribution in [3.8, 4) is 11.8 Å². The highest BCUT2D eigenvalue weighted by molar-refractivity contribution is 6.35. The van der Waals surface area contributed by atoms with Gasteiger partial charge in [0.15, 0.2) is 0 Å². The second-order valence-electron chi connectivity index (χ2n) is 4.34. The molecule has 1 aromatic carbocycles. The average Bonchev–Trinajstić information content (AvgIpc) is 2.42. The number of benzene rings is 1. The topological polar surface area (TPSA) is 63.2 Å². The van der Waals surface area contributed by atoms with Gasteiger partial charge in [-0.2, -0.15) is 15.0 Å². The predicted octanol–water partition coefficient (Wildman–Crippen LogP) is 3.47. The van der Waals surface area contributed by atoms with Crippen LogP contribution >= 0.6 is 23.2 Å². The smallest absolute Gasteiger partial charge is 0.328 e. The summed E-state index contributed by atoms with van der Waals surface area (Å²) >= 11 is 11.9. The third-order valence-corrected chi connectivity index (χ3v) is 2.96. The van der Waals surface area contributed by atoms with Crippen molar-refractivity contribution in [2.45, 2.75) is 6.92 Å². The molecule has 112 valence electrons. The molecule has 21 heavy (non-hydrogen) atoms. The molecule has 0 atom stereocenters. The van der Waals surface area contributed by atoms with E-state index < -0.39 is 0 Å². The zero-order chi connectivity index (χ0) is 15.4. The highest BCUT2D eigenvalue weighted by Crippen LogP contribution is 2.30. The predicted molar refractivity (Wildman–Crippen MR) is 84.9 cm³/mol. The molecule has 0 fully saturated rings. The maximum atomic E-state index is 6.08. The van der Waals surface area contributed by atoms with Crippen molar-refractivity contribution in [2.75, 3.05) is 30.9 Å². The maximum absolute atomic E-state index is 6.08. The summed E-state index contributed by atoms with van der Waals surface area (Å²) in [6.07, 6.45) is 0. The average molecular weight is 328 g/mol. The molecular weight excluding hydrogens is 313 g/mol. The molecule has 0 bridgehead atoms. The Morgan fingerprint density at radius 2 is 1.95 bits per heavy atom. The van der Waals surface area contributed by atoms with Crippen LogP contribution in [-0.4, -0.2) is 35.6 Å². The van der Waals surface area contributed by atoms with Gasteiger partial charge in [-0.1, -0.05) is 23.2 Å². The second-order valence-corrected chi connectivity index (χ2v) is 5.19. The quantitative estimate of drug-likeness (QED) is 0.907. The van der Waals surface area contributed by atoms with Gasteiger partial charge in [0.25, 0.3) is 0 Å². The van der Waals surface area contributed by atoms with E-state index in [9.17, 15) is 0 Å². The van der Waals surface area contributed by atoms with E-state index in [1.54, 1.807) is 23.1 Å². The zero-order valence-electron chi connectivity index (χ0n) is 11.9. The molecule has 8 heteroatoms. The van der Waals surface area contributed by atoms with Crippen LogP contribution < -0.4 is 15.0 Å². The highest BCUT2D eigenvalue weighted by atomic mass is 35.5. The molecule has 2 aromatic rings. The molecule has 0 aliphatic heterocycles. The van der Waals surface area contributed by atoms with E-state index in [0.717, 1.165) is 0 Å². The minimum Gasteiger partial charge on any atom is -0.423 e. The Bertz CT molecular complexity index is 636. The number of hydrogen-bond donors (Lipinski definition) is 1. The summed E-state index contributed by atoms with van der Waals surface area (Å²) < 4.78 is 5.62. The monoisotopic (exact) mass is 327 g/mol. The number of anilines is 2. The minimum atomic E-state index is 0.161. The van der Waals surface area contributed by atoms with Gasteiger partial charge < -0.3 is 15.0 Å². The molecule has 0 aliphatic rings. The third-order valence-electron chi connectivity index (χ3n) is 2.43. The summed E-state index contributed by atoms with van der Waals surface area (Å²) in [5, 5.41) is 3.95. The van der Waals surface area contributed by atoms with Crippen LogP contribution in [0.5, 0.6) is 11.8 Å². The number of halogens is 2. The van der Waals surface area contributed by atoms with Crippen LogP contribution in [-0.2, 0) is 0 Å². The molecule has 1 heterocycles. The van der Waals surface area contributed by atoms with Gasteiger partial charge in [0.1, 0.15) is 5.75 Å². The van der Waals surface area contributed by atoms with Crippen molar-refractivity contribution >= 4 is 35.1 Å². The van der Waals surface area contributed by atoms with E-state index in [4.69, 9.17) is 27.9 Å². The lowest BCUT2D eigenvalue weighted by Gasteiger charge is -2.13. The van der Waals surface area contributed by atoms with Gasteiger partial charge >= 0.3 is 6.01 Å². The number of nitrogens with zero attached hydrogens (tertiary/aromatic N) is 4. The van der Waals surface area contributed by atoms with Crippen molar-refractivity contribution in [1.82, 2.24) is 15.0 Å². The van der Waals surface area contributed by atoms with Crippen LogP contribution in [0, 0.1) is 0 Å². The molecule has 0 spiro atoms. The van der Waals surface area contributed by atoms with E-state index in [0.29, 0.717) is 34.2 Å². The van der Waals surface area contributed by atoms with Crippen molar-refractivity contribution in [2.24, 2.45) is 0 Å². The molecule has 1 N–H and O–H groups in total. The number of rotatable bonds is 5. The molecule has 2 rings (SSSR count). The largest absolute Gasteiger partial charge is 0.423 e. The van der Waals surface area contributed by atoms with Crippen LogP contribution in [0.3, 0.4) is 0 Å². The fourth-order valence-electron chi connectivity index (χ4n) is 1.49. The number of aromatic nitrogens is 3. The van der Waals surface area contributed by atoms with Gasteiger partial charge in [-0.3, -0.25) is 0 Å². The minimum absolute atomic E-state index is 0.161. The normalized spacial score (nSPS) is 10.3. The number of hydrogen-bond acceptors (Lipinski definition) is 6. The molecular formula is C13H15Cl2N5O. The van der Waals surface area contributed by atoms with Gasteiger partial charge in [0, 0.05) is 25.7 Å². The molecule has 1 aromatic heterocycles. The zero-order valence-corrected chi connectivity index (χ0v) is 13.4. The van der Waals surface area contributed by atoms with Crippen LogP contribution in [0.1, 0.15) is 6.92 Å². The van der Waals surface area contributed by atoms with Gasteiger partial charge in [-0.15, -0.1) is 0 Å². The molecule has 0 amide bonds. The van der Waals surface area contributed by atoms with Gasteiger partial charge in [0.2, 0.25) is 11.9 Å². The van der Waals surface area contributed by atoms with Crippen LogP contribution in [0.2, 0.25) is 10.0 Å². The van der Waals surface area contributed by atoms with Crippen molar-refractivity contribution in [1.29, 1.82) is 0 Å². The first-order valence-corrected chi connectivity index (χ1v) is 7.05. The summed E-state index contributed by atoms with van der Waals surface area (Å²) in [6.45, 7) is 2.65. The maximum Gasteiger partial charge on any atom is 0.328 e. The van der Waals surface area contributed by atoms with Crippen LogP contribution in [0.15, 0.2) is 18.2 Å². The van der Waals surface area contributed by atoms with E-state index in [1.165, 1.54) is 0 Å². The molecule has 0 saturated heterocycles. The first kappa shape index (κ1) is 15.6. The lowest BCUT2D eigenvalue weighted by Crippen LogP contribution is -2.15. The lowest BCUT2D eigenvalue weighted by molar-refractivity contribution is 0.441. The second kappa shape index (κ2) is 6.78. The fraction of sp³-hybridized carbons (Fsp3) is 0.308. The highest BCUT2D eigenvalue weighted by Gasteiger charge is 2.11. The summed E-state index contributed by atoms with van der Waals surface area (Å²) in [4.78, 5) is 14.4. The summed E-state index contributed by atoms with van der Waals surface area (Å²) in [5.41, 5.74) is 0. The van der Waals surface area contributed by atoms with Crippen LogP contribution in [0.4, 0.5) is 11.9 Å². The Morgan fingerprint density at radius 1 is 1.19 bits per heavy atom. The standard InChI is InChI=1S/C13H15Cl2N5O/c1-4-16-11-17-12(20(2)3)19-13(18-11)21-10-6-5-8(14)7-9(10)15/h5-7H,4H2,1-3H3,(H,16,17,18,19). The summed E-state index contributed by atoms with van der Waals surface area (Å²) in [5.74, 6) is 1.36. The Kier molecular flexibility index (Phi) is 5.03. The molecule has 0 unspecified atom stereocenters. The summed E-state index contributed by atoms with van der Waals surface area (Å²) in [7, 11) is 3.67. The van der Waals surface area contributed by atoms with Crippen LogP contribution in [0.25, 0.3) is 0 Å². The third kappa shape index (κ3) is 4.09. The van der Waals surface area contributed by atoms with Crippen molar-refractivity contribution in [3.05, 3.63) is 28.2 Å². The molecule has 6 nitrogen and oxygen atoms in total. The fourth-order valence-corrected chi connectivity index (χ4v) is 1.93. The SMILES string of the molecule is CCNc1nc(Oc2ccc(Cl)cc2Cl)nc(N(C)C)n1. The van der Waals surface area contributed by atoms with Gasteiger partial charge in [-0.25, -0.2) is 0 Å². The van der Waals surface area contributed by atoms with Gasteiger partial charge in [-0.05, 0) is 25.1 Å².